The molecule has 3 aliphatic rings. The Kier molecular flexibility index (Phi) is 10.8. The molecule has 48 heavy (non-hydrogen) atoms. The van der Waals surface area contributed by atoms with Crippen molar-refractivity contribution in [2.75, 3.05) is 14.1 Å². The number of esters is 4. The number of hydrogen-bond donors (Lipinski definition) is 0. The molecule has 1 aromatic carbocycles. The van der Waals surface area contributed by atoms with Crippen molar-refractivity contribution in [1.82, 2.24) is 4.90 Å². The van der Waals surface area contributed by atoms with Crippen LogP contribution < -0.4 is 0 Å². The number of nitrogens with zero attached hydrogens (tertiary/aromatic N) is 1. The molecule has 3 aliphatic carbocycles. The Morgan fingerprint density at radius 3 is 2.02 bits per heavy atom. The summed E-state index contributed by atoms with van der Waals surface area (Å²) in [4.78, 5) is 81.4. The molecule has 1 saturated carbocycles. The zero-order valence-electron chi connectivity index (χ0n) is 29.3. The number of allylic oxidation sites excluding steroid dienone is 1. The molecular weight excluding hydrogens is 618 g/mol. The van der Waals surface area contributed by atoms with Gasteiger partial charge in [0.05, 0.1) is 11.8 Å². The van der Waals surface area contributed by atoms with Gasteiger partial charge in [-0.2, -0.15) is 0 Å². The summed E-state index contributed by atoms with van der Waals surface area (Å²) in [5.41, 5.74) is -0.552. The van der Waals surface area contributed by atoms with Gasteiger partial charge in [0.1, 0.15) is 24.4 Å². The van der Waals surface area contributed by atoms with Crippen LogP contribution in [0, 0.1) is 16.7 Å². The molecule has 4 rings (SSSR count). The molecule has 0 N–H and O–H groups in total. The second kappa shape index (κ2) is 14.2. The molecule has 7 atom stereocenters. The summed E-state index contributed by atoms with van der Waals surface area (Å²) in [5.74, 6) is -4.48. The molecule has 1 fully saturated rings. The first kappa shape index (κ1) is 36.7. The Bertz CT molecular complexity index is 1540. The number of ether oxygens (including phenoxy) is 4. The van der Waals surface area contributed by atoms with E-state index in [1.165, 1.54) is 20.8 Å². The van der Waals surface area contributed by atoms with E-state index >= 15 is 0 Å². The highest BCUT2D eigenvalue weighted by atomic mass is 16.6. The van der Waals surface area contributed by atoms with Gasteiger partial charge in [-0.1, -0.05) is 44.2 Å². The monoisotopic (exact) mass is 665 g/mol. The van der Waals surface area contributed by atoms with Crippen molar-refractivity contribution >= 4 is 35.4 Å². The lowest BCUT2D eigenvalue weighted by Crippen LogP contribution is -2.55. The van der Waals surface area contributed by atoms with Gasteiger partial charge < -0.3 is 23.8 Å². The number of benzene rings is 1. The average Bonchev–Trinajstić information content (AvgIpc) is 2.97. The van der Waals surface area contributed by atoms with Crippen LogP contribution in [0.25, 0.3) is 0 Å². The van der Waals surface area contributed by atoms with Crippen LogP contribution in [0.2, 0.25) is 0 Å². The number of fused-ring (bicyclic) bond motifs is 4. The van der Waals surface area contributed by atoms with Crippen molar-refractivity contribution in [1.29, 1.82) is 0 Å². The zero-order chi connectivity index (χ0) is 35.7. The fraction of sp³-hybridized carbons (Fsp3) is 0.568. The molecule has 0 radical (unpaired) electrons. The van der Waals surface area contributed by atoms with Gasteiger partial charge in [0.25, 0.3) is 0 Å². The first-order chi connectivity index (χ1) is 22.4. The predicted octanol–water partition coefficient (Wildman–Crippen LogP) is 4.63. The maximum absolute atomic E-state index is 14.4. The van der Waals surface area contributed by atoms with Crippen LogP contribution >= 0.6 is 0 Å². The second-order valence-corrected chi connectivity index (χ2v) is 14.2. The third-order valence-corrected chi connectivity index (χ3v) is 10.1. The molecular formula is C37H47NO10. The highest BCUT2D eigenvalue weighted by molar-refractivity contribution is 6.45. The van der Waals surface area contributed by atoms with E-state index in [9.17, 15) is 28.8 Å². The standard InChI is InChI=1S/C37H47NO10/c1-20-28(45-21(2)39)16-26-30(46-22(3)40)15-25-19-37(7,35(44)34(43)33(20)36(26,5)6)31(47-23(4)41)18-29(25)48-32(42)17-27(38(8)9)24-13-11-10-12-14-24/h10-15,26-31H,16-19H2,1-9H3/b25-15+/t26-,27?,28-,29-,30-,31-,37-/m0/s1. The highest BCUT2D eigenvalue weighted by Gasteiger charge is 2.57. The van der Waals surface area contributed by atoms with E-state index < -0.39 is 76.6 Å². The van der Waals surface area contributed by atoms with Crippen LogP contribution in [0.4, 0.5) is 0 Å². The molecule has 0 spiro atoms. The summed E-state index contributed by atoms with van der Waals surface area (Å²) < 4.78 is 23.4. The molecule has 11 heteroatoms. The van der Waals surface area contributed by atoms with Crippen LogP contribution in [0.1, 0.15) is 85.8 Å². The van der Waals surface area contributed by atoms with Crippen LogP contribution in [0.5, 0.6) is 0 Å². The molecule has 0 heterocycles. The second-order valence-electron chi connectivity index (χ2n) is 14.2. The maximum atomic E-state index is 14.4. The fourth-order valence-corrected chi connectivity index (χ4v) is 7.71. The van der Waals surface area contributed by atoms with E-state index in [2.05, 4.69) is 0 Å². The van der Waals surface area contributed by atoms with Crippen molar-refractivity contribution < 1.29 is 47.7 Å². The molecule has 1 unspecified atom stereocenters. The first-order valence-corrected chi connectivity index (χ1v) is 16.3. The number of ketones is 2. The number of hydrogen-bond acceptors (Lipinski definition) is 11. The minimum absolute atomic E-state index is 0.00817. The Hall–Kier alpha value is -4.12. The molecule has 4 bridgehead atoms. The zero-order valence-corrected chi connectivity index (χ0v) is 29.3. The van der Waals surface area contributed by atoms with Crippen LogP contribution in [0.15, 0.2) is 53.1 Å². The SMILES string of the molecule is CC(=O)O[C@H]1C[C@H]2[C@@H](OC(C)=O)/C=C3\C[C@](C)(C(=O)C(=O)C(=C1C)C2(C)C)[C@@H](OC(C)=O)C[C@@H]3OC(=O)CC(c1ccccc1)N(C)C. The van der Waals surface area contributed by atoms with Crippen molar-refractivity contribution in [3.63, 3.8) is 0 Å². The minimum Gasteiger partial charge on any atom is -0.461 e. The summed E-state index contributed by atoms with van der Waals surface area (Å²) in [6.07, 6.45) is -2.10. The average molecular weight is 666 g/mol. The number of carbonyl (C=O) groups excluding carboxylic acids is 6. The lowest BCUT2D eigenvalue weighted by molar-refractivity contribution is -0.169. The van der Waals surface area contributed by atoms with Crippen molar-refractivity contribution in [3.05, 3.63) is 58.7 Å². The summed E-state index contributed by atoms with van der Waals surface area (Å²) >= 11 is 0. The van der Waals surface area contributed by atoms with Crippen molar-refractivity contribution in [2.45, 2.75) is 105 Å². The van der Waals surface area contributed by atoms with Gasteiger partial charge in [-0.3, -0.25) is 28.8 Å². The Balaban J connectivity index is 1.86. The Morgan fingerprint density at radius 2 is 1.46 bits per heavy atom. The predicted molar refractivity (Wildman–Crippen MR) is 174 cm³/mol. The molecule has 0 aliphatic heterocycles. The first-order valence-electron chi connectivity index (χ1n) is 16.3. The van der Waals surface area contributed by atoms with E-state index in [1.54, 1.807) is 33.8 Å². The summed E-state index contributed by atoms with van der Waals surface area (Å²) in [6.45, 7) is 10.6. The molecule has 0 saturated heterocycles. The van der Waals surface area contributed by atoms with E-state index in [1.807, 2.05) is 49.3 Å². The lowest BCUT2D eigenvalue weighted by atomic mass is 9.57. The number of carbonyl (C=O) groups is 6. The van der Waals surface area contributed by atoms with Crippen molar-refractivity contribution in [3.8, 4) is 0 Å². The van der Waals surface area contributed by atoms with Gasteiger partial charge in [-0.05, 0) is 63.6 Å². The topological polar surface area (TPSA) is 143 Å². The maximum Gasteiger partial charge on any atom is 0.308 e. The molecule has 11 nitrogen and oxygen atoms in total. The van der Waals surface area contributed by atoms with Crippen LogP contribution in [-0.2, 0) is 47.7 Å². The molecule has 1 aromatic rings. The van der Waals surface area contributed by atoms with E-state index in [4.69, 9.17) is 18.9 Å². The van der Waals surface area contributed by atoms with Crippen LogP contribution in [-0.4, -0.2) is 78.9 Å². The van der Waals surface area contributed by atoms with Gasteiger partial charge in [0.2, 0.25) is 11.6 Å². The van der Waals surface area contributed by atoms with E-state index in [-0.39, 0.29) is 37.3 Å². The molecule has 260 valence electrons. The molecule has 0 aromatic heterocycles. The largest absolute Gasteiger partial charge is 0.461 e. The summed E-state index contributed by atoms with van der Waals surface area (Å²) in [5, 5.41) is 0. The molecule has 0 amide bonds. The third kappa shape index (κ3) is 7.46. The normalized spacial score (nSPS) is 30.0. The number of rotatable bonds is 8. The number of Topliss-reactive ketones (excluding diaryl/α,β-unsaturated/α-hetero) is 2. The minimum atomic E-state index is -1.54. The fourth-order valence-electron chi connectivity index (χ4n) is 7.71. The van der Waals surface area contributed by atoms with Crippen molar-refractivity contribution in [2.24, 2.45) is 16.7 Å². The van der Waals surface area contributed by atoms with Crippen LogP contribution in [0.3, 0.4) is 0 Å². The third-order valence-electron chi connectivity index (χ3n) is 10.1. The summed E-state index contributed by atoms with van der Waals surface area (Å²) in [7, 11) is 3.73. The summed E-state index contributed by atoms with van der Waals surface area (Å²) in [6, 6.07) is 9.23. The highest BCUT2D eigenvalue weighted by Crippen LogP contribution is 2.52. The quantitative estimate of drug-likeness (QED) is 0.166. The smallest absolute Gasteiger partial charge is 0.308 e. The van der Waals surface area contributed by atoms with Gasteiger partial charge in [-0.15, -0.1) is 0 Å². The van der Waals surface area contributed by atoms with Gasteiger partial charge in [0, 0.05) is 50.1 Å². The van der Waals surface area contributed by atoms with E-state index in [0.717, 1.165) is 5.56 Å². The Labute approximate surface area is 282 Å². The van der Waals surface area contributed by atoms with E-state index in [0.29, 0.717) is 11.1 Å². The van der Waals surface area contributed by atoms with Gasteiger partial charge in [0.15, 0.2) is 0 Å². The van der Waals surface area contributed by atoms with Gasteiger partial charge >= 0.3 is 23.9 Å². The lowest BCUT2D eigenvalue weighted by Gasteiger charge is -2.49. The Morgan fingerprint density at radius 1 is 0.854 bits per heavy atom. The van der Waals surface area contributed by atoms with Gasteiger partial charge in [-0.25, -0.2) is 0 Å².